The Kier molecular flexibility index (Phi) is 12.9. The third-order valence-electron chi connectivity index (χ3n) is 7.20. The van der Waals surface area contributed by atoms with Gasteiger partial charge in [0, 0.05) is 76.3 Å². The number of nitrogens with zero attached hydrogens (tertiary/aromatic N) is 2. The van der Waals surface area contributed by atoms with Crippen LogP contribution < -0.4 is 10.6 Å². The molecular weight excluding hydrogens is 536 g/mol. The molecule has 41 heavy (non-hydrogen) atoms. The van der Waals surface area contributed by atoms with Gasteiger partial charge in [-0.15, -0.1) is 0 Å². The van der Waals surface area contributed by atoms with Crippen molar-refractivity contribution in [1.82, 2.24) is 20.4 Å². The lowest BCUT2D eigenvalue weighted by Crippen LogP contribution is -2.36. The van der Waals surface area contributed by atoms with Crippen molar-refractivity contribution in [3.05, 3.63) is 0 Å². The van der Waals surface area contributed by atoms with Crippen LogP contribution >= 0.6 is 0 Å². The third-order valence-corrected chi connectivity index (χ3v) is 7.20. The van der Waals surface area contributed by atoms with Gasteiger partial charge in [-0.2, -0.15) is 0 Å². The monoisotopic (exact) mass is 576 g/mol. The summed E-state index contributed by atoms with van der Waals surface area (Å²) in [5.41, 5.74) is 0. The number of nitrogens with one attached hydrogen (secondary N) is 2. The summed E-state index contributed by atoms with van der Waals surface area (Å²) in [5.74, 6) is -3.74. The summed E-state index contributed by atoms with van der Waals surface area (Å²) in [7, 11) is 0. The number of carbonyl (C=O) groups is 9. The van der Waals surface area contributed by atoms with Crippen LogP contribution in [-0.2, 0) is 43.2 Å². The van der Waals surface area contributed by atoms with E-state index in [-0.39, 0.29) is 130 Å². The van der Waals surface area contributed by atoms with Crippen LogP contribution in [0.5, 0.6) is 0 Å². The van der Waals surface area contributed by atoms with Gasteiger partial charge in [0.1, 0.15) is 5.78 Å². The zero-order valence-electron chi connectivity index (χ0n) is 24.0. The van der Waals surface area contributed by atoms with E-state index in [1.807, 2.05) is 13.8 Å². The van der Waals surface area contributed by atoms with Gasteiger partial charge in [-0.25, -0.2) is 0 Å². The van der Waals surface area contributed by atoms with Crippen LogP contribution in [-0.4, -0.2) is 88.8 Å². The Morgan fingerprint density at radius 1 is 0.732 bits per heavy atom. The molecule has 0 radical (unpaired) electrons. The number of carbonyl (C=O) groups excluding carboxylic acids is 9. The van der Waals surface area contributed by atoms with E-state index in [9.17, 15) is 43.2 Å². The SMILES string of the molecule is CC1CC(=O)N(CC(=O)CCNC(=O)CCC(=O)CNC(=O)CCC(=O)CCCN2C(=O)CC(C(C)C)C2=O)C1=O. The Morgan fingerprint density at radius 2 is 1.34 bits per heavy atom. The first-order valence-electron chi connectivity index (χ1n) is 14.1. The Hall–Kier alpha value is -3.77. The van der Waals surface area contributed by atoms with E-state index in [2.05, 4.69) is 10.6 Å². The van der Waals surface area contributed by atoms with Crippen LogP contribution in [0.25, 0.3) is 0 Å². The lowest BCUT2D eigenvalue weighted by molar-refractivity contribution is -0.143. The highest BCUT2D eigenvalue weighted by Gasteiger charge is 2.39. The maximum atomic E-state index is 12.3. The van der Waals surface area contributed by atoms with Crippen molar-refractivity contribution in [2.24, 2.45) is 17.8 Å². The first kappa shape index (κ1) is 33.4. The molecule has 13 nitrogen and oxygen atoms in total. The minimum Gasteiger partial charge on any atom is -0.356 e. The van der Waals surface area contributed by atoms with Gasteiger partial charge >= 0.3 is 0 Å². The Bertz CT molecular complexity index is 1080. The zero-order valence-corrected chi connectivity index (χ0v) is 24.0. The number of hydrogen-bond acceptors (Lipinski definition) is 9. The Labute approximate surface area is 239 Å². The molecule has 0 saturated carbocycles. The zero-order chi connectivity index (χ0) is 30.7. The van der Waals surface area contributed by atoms with Crippen molar-refractivity contribution in [3.63, 3.8) is 0 Å². The van der Waals surface area contributed by atoms with Crippen LogP contribution in [0.3, 0.4) is 0 Å². The number of Topliss-reactive ketones (excluding diaryl/α,β-unsaturated/α-hetero) is 3. The smallest absolute Gasteiger partial charge is 0.233 e. The Balaban J connectivity index is 1.52. The van der Waals surface area contributed by atoms with E-state index in [1.54, 1.807) is 6.92 Å². The van der Waals surface area contributed by atoms with Crippen LogP contribution in [0.4, 0.5) is 0 Å². The average molecular weight is 577 g/mol. The van der Waals surface area contributed by atoms with E-state index in [4.69, 9.17) is 0 Å². The van der Waals surface area contributed by atoms with Crippen molar-refractivity contribution >= 4 is 52.8 Å². The quantitative estimate of drug-likeness (QED) is 0.213. The molecule has 2 heterocycles. The maximum Gasteiger partial charge on any atom is 0.233 e. The number of imide groups is 2. The Morgan fingerprint density at radius 3 is 1.93 bits per heavy atom. The van der Waals surface area contributed by atoms with Gasteiger partial charge in [0.2, 0.25) is 35.4 Å². The van der Waals surface area contributed by atoms with Crippen molar-refractivity contribution in [2.45, 2.75) is 78.6 Å². The van der Waals surface area contributed by atoms with Crippen molar-refractivity contribution < 1.29 is 43.2 Å². The average Bonchev–Trinajstić information content (AvgIpc) is 3.33. The molecule has 0 aromatic carbocycles. The molecule has 0 bridgehead atoms. The molecule has 2 aliphatic heterocycles. The van der Waals surface area contributed by atoms with E-state index in [0.29, 0.717) is 6.42 Å². The molecule has 0 aliphatic carbocycles. The summed E-state index contributed by atoms with van der Waals surface area (Å²) >= 11 is 0. The molecule has 0 spiro atoms. The summed E-state index contributed by atoms with van der Waals surface area (Å²) in [4.78, 5) is 110. The number of rotatable bonds is 18. The van der Waals surface area contributed by atoms with Crippen LogP contribution in [0.1, 0.15) is 78.6 Å². The first-order valence-corrected chi connectivity index (χ1v) is 14.1. The topological polar surface area (TPSA) is 184 Å². The van der Waals surface area contributed by atoms with Gasteiger partial charge in [0.25, 0.3) is 0 Å². The molecule has 2 unspecified atom stereocenters. The number of amides is 6. The lowest BCUT2D eigenvalue weighted by atomic mass is 9.94. The predicted molar refractivity (Wildman–Crippen MR) is 144 cm³/mol. The summed E-state index contributed by atoms with van der Waals surface area (Å²) in [6.07, 6.45) is 0.276. The normalized spacial score (nSPS) is 18.8. The van der Waals surface area contributed by atoms with Crippen molar-refractivity contribution in [1.29, 1.82) is 0 Å². The molecule has 2 N–H and O–H groups in total. The number of hydrogen-bond donors (Lipinski definition) is 2. The highest BCUT2D eigenvalue weighted by molar-refractivity contribution is 6.06. The maximum absolute atomic E-state index is 12.3. The highest BCUT2D eigenvalue weighted by Crippen LogP contribution is 2.26. The highest BCUT2D eigenvalue weighted by atomic mass is 16.2. The fourth-order valence-electron chi connectivity index (χ4n) is 4.60. The molecule has 0 aromatic heterocycles. The molecule has 226 valence electrons. The summed E-state index contributed by atoms with van der Waals surface area (Å²) < 4.78 is 0. The van der Waals surface area contributed by atoms with E-state index >= 15 is 0 Å². The molecule has 6 amide bonds. The molecule has 2 atom stereocenters. The van der Waals surface area contributed by atoms with E-state index < -0.39 is 17.7 Å². The minimum atomic E-state index is -0.483. The molecule has 2 rings (SSSR count). The van der Waals surface area contributed by atoms with Gasteiger partial charge in [0.05, 0.1) is 13.1 Å². The molecule has 2 fully saturated rings. The largest absolute Gasteiger partial charge is 0.356 e. The summed E-state index contributed by atoms with van der Waals surface area (Å²) in [6.45, 7) is 4.98. The number of ketones is 3. The molecule has 2 aliphatic rings. The van der Waals surface area contributed by atoms with Crippen molar-refractivity contribution in [3.8, 4) is 0 Å². The van der Waals surface area contributed by atoms with E-state index in [1.165, 1.54) is 4.90 Å². The van der Waals surface area contributed by atoms with Crippen molar-refractivity contribution in [2.75, 3.05) is 26.2 Å². The molecule has 2 saturated heterocycles. The standard InChI is InChI=1S/C28H40N4O9/c1-17(2)22-14-26(39)31(28(22)41)12-4-5-19(33)6-8-24(37)30-15-20(34)7-9-23(36)29-11-10-21(35)16-32-25(38)13-18(3)27(32)40/h17-18,22H,4-16H2,1-3H3,(H,29,36)(H,30,37). The third kappa shape index (κ3) is 10.6. The fourth-order valence-corrected chi connectivity index (χ4v) is 4.60. The lowest BCUT2D eigenvalue weighted by Gasteiger charge is -2.16. The summed E-state index contributed by atoms with van der Waals surface area (Å²) in [5, 5.41) is 4.92. The molecular formula is C28H40N4O9. The second-order valence-electron chi connectivity index (χ2n) is 11.0. The van der Waals surface area contributed by atoms with Gasteiger partial charge in [-0.3, -0.25) is 53.0 Å². The van der Waals surface area contributed by atoms with E-state index in [0.717, 1.165) is 4.90 Å². The first-order chi connectivity index (χ1) is 19.3. The van der Waals surface area contributed by atoms with Gasteiger partial charge < -0.3 is 10.6 Å². The second kappa shape index (κ2) is 15.9. The van der Waals surface area contributed by atoms with Crippen LogP contribution in [0.15, 0.2) is 0 Å². The predicted octanol–water partition coefficient (Wildman–Crippen LogP) is 0.0829. The van der Waals surface area contributed by atoms with Gasteiger partial charge in [0.15, 0.2) is 11.6 Å². The van der Waals surface area contributed by atoms with Crippen LogP contribution in [0, 0.1) is 17.8 Å². The van der Waals surface area contributed by atoms with Crippen LogP contribution in [0.2, 0.25) is 0 Å². The van der Waals surface area contributed by atoms with Gasteiger partial charge in [-0.1, -0.05) is 20.8 Å². The van der Waals surface area contributed by atoms with Gasteiger partial charge in [-0.05, 0) is 12.3 Å². The minimum absolute atomic E-state index is 0.00546. The molecule has 13 heteroatoms. The summed E-state index contributed by atoms with van der Waals surface area (Å²) in [6, 6.07) is 0. The number of likely N-dealkylation sites (tertiary alicyclic amines) is 2. The molecule has 0 aromatic rings. The second-order valence-corrected chi connectivity index (χ2v) is 11.0. The fraction of sp³-hybridized carbons (Fsp3) is 0.679.